The van der Waals surface area contributed by atoms with Crippen LogP contribution >= 0.6 is 34.7 Å². The lowest BCUT2D eigenvalue weighted by Crippen LogP contribution is -2.16. The normalized spacial score (nSPS) is 10.8. The zero-order valence-corrected chi connectivity index (χ0v) is 14.5. The molecule has 0 aliphatic heterocycles. The number of benzene rings is 1. The fourth-order valence-corrected chi connectivity index (χ4v) is 3.39. The van der Waals surface area contributed by atoms with Gasteiger partial charge in [-0.1, -0.05) is 29.4 Å². The lowest BCUT2D eigenvalue weighted by atomic mass is 10.3. The van der Waals surface area contributed by atoms with Gasteiger partial charge in [-0.3, -0.25) is 4.79 Å². The number of halogens is 2. The maximum atomic E-state index is 13.1. The third kappa shape index (κ3) is 3.69. The molecule has 0 unspecified atom stereocenters. The number of rotatable bonds is 5. The Balaban J connectivity index is 1.61. The molecule has 0 saturated heterocycles. The summed E-state index contributed by atoms with van der Waals surface area (Å²) >= 11 is 8.32. The summed E-state index contributed by atoms with van der Waals surface area (Å²) in [4.78, 5) is 12.9. The molecule has 3 aromatic rings. The van der Waals surface area contributed by atoms with E-state index in [1.54, 1.807) is 0 Å². The van der Waals surface area contributed by atoms with Crippen molar-refractivity contribution in [1.29, 1.82) is 0 Å². The highest BCUT2D eigenvalue weighted by molar-refractivity contribution is 7.99. The number of nitrogens with two attached hydrogens (primary N) is 1. The molecular formula is C14H11ClFN5OS2. The van der Waals surface area contributed by atoms with Gasteiger partial charge in [0.1, 0.15) is 5.82 Å². The maximum Gasteiger partial charge on any atom is 0.234 e. The van der Waals surface area contributed by atoms with E-state index in [-0.39, 0.29) is 16.7 Å². The number of nitrogens with one attached hydrogen (secondary N) is 1. The van der Waals surface area contributed by atoms with Gasteiger partial charge in [0.25, 0.3) is 0 Å². The van der Waals surface area contributed by atoms with Gasteiger partial charge in [-0.05, 0) is 29.6 Å². The van der Waals surface area contributed by atoms with Crippen LogP contribution in [0.4, 0.5) is 10.1 Å². The van der Waals surface area contributed by atoms with Gasteiger partial charge in [-0.25, -0.2) is 9.07 Å². The van der Waals surface area contributed by atoms with Crippen LogP contribution in [0.5, 0.6) is 0 Å². The molecule has 6 nitrogen and oxygen atoms in total. The third-order valence-corrected chi connectivity index (χ3v) is 5.04. The van der Waals surface area contributed by atoms with Crippen LogP contribution < -0.4 is 11.2 Å². The van der Waals surface area contributed by atoms with Crippen LogP contribution in [0.25, 0.3) is 10.7 Å². The van der Waals surface area contributed by atoms with Crippen molar-refractivity contribution in [1.82, 2.24) is 14.9 Å². The van der Waals surface area contributed by atoms with Crippen molar-refractivity contribution < 1.29 is 9.18 Å². The van der Waals surface area contributed by atoms with Gasteiger partial charge in [0.2, 0.25) is 11.1 Å². The Bertz CT molecular complexity index is 868. The summed E-state index contributed by atoms with van der Waals surface area (Å²) in [5, 5.41) is 12.9. The van der Waals surface area contributed by atoms with Gasteiger partial charge in [-0.15, -0.1) is 21.5 Å². The Hall–Kier alpha value is -2.10. The number of hydrogen-bond donors (Lipinski definition) is 2. The topological polar surface area (TPSA) is 85.8 Å². The molecule has 0 atom stereocenters. The number of amides is 1. The average Bonchev–Trinajstić information content (AvgIpc) is 3.19. The molecule has 1 aromatic carbocycles. The summed E-state index contributed by atoms with van der Waals surface area (Å²) in [7, 11) is 0. The van der Waals surface area contributed by atoms with Crippen molar-refractivity contribution >= 4 is 46.3 Å². The second-order valence-electron chi connectivity index (χ2n) is 4.62. The van der Waals surface area contributed by atoms with Gasteiger partial charge < -0.3 is 11.2 Å². The fraction of sp³-hybridized carbons (Fsp3) is 0.0714. The van der Waals surface area contributed by atoms with Crippen LogP contribution in [0.2, 0.25) is 5.02 Å². The van der Waals surface area contributed by atoms with Crippen molar-refractivity contribution in [2.45, 2.75) is 5.16 Å². The molecule has 0 radical (unpaired) electrons. The summed E-state index contributed by atoms with van der Waals surface area (Å²) in [5.41, 5.74) is 0.417. The predicted octanol–water partition coefficient (Wildman–Crippen LogP) is 3.24. The Morgan fingerprint density at radius 2 is 2.25 bits per heavy atom. The number of hydrogen-bond acceptors (Lipinski definition) is 6. The molecule has 1 amide bonds. The number of thioether (sulfide) groups is 1. The second-order valence-corrected chi connectivity index (χ2v) is 6.92. The number of carbonyl (C=O) groups excluding carboxylic acids is 1. The quantitative estimate of drug-likeness (QED) is 0.521. The zero-order chi connectivity index (χ0) is 17.1. The van der Waals surface area contributed by atoms with E-state index in [4.69, 9.17) is 17.4 Å². The number of nitrogens with zero attached hydrogens (tertiary/aromatic N) is 3. The highest BCUT2D eigenvalue weighted by Gasteiger charge is 2.14. The standard InChI is InChI=1S/C14H11ClFN5OS2/c15-9-6-8(3-4-10(9)16)18-12(22)7-24-14-20-19-13(21(14)17)11-2-1-5-23-11/h1-6H,7,17H2,(H,18,22). The number of thiophene rings is 1. The average molecular weight is 384 g/mol. The minimum Gasteiger partial charge on any atom is -0.335 e. The van der Waals surface area contributed by atoms with Gasteiger partial charge in [0.15, 0.2) is 5.82 Å². The molecule has 10 heteroatoms. The molecular weight excluding hydrogens is 373 g/mol. The van der Waals surface area contributed by atoms with Crippen molar-refractivity contribution in [2.24, 2.45) is 0 Å². The first kappa shape index (κ1) is 16.7. The van der Waals surface area contributed by atoms with E-state index < -0.39 is 5.82 Å². The van der Waals surface area contributed by atoms with Crippen LogP contribution in [0.15, 0.2) is 40.9 Å². The number of aromatic nitrogens is 3. The molecule has 0 fully saturated rings. The maximum absolute atomic E-state index is 13.1. The Kier molecular flexibility index (Phi) is 5.03. The monoisotopic (exact) mass is 383 g/mol. The third-order valence-electron chi connectivity index (χ3n) is 2.94. The van der Waals surface area contributed by atoms with Gasteiger partial charge in [0, 0.05) is 5.69 Å². The Labute approximate surface area is 149 Å². The summed E-state index contributed by atoms with van der Waals surface area (Å²) in [6, 6.07) is 7.75. The molecule has 0 saturated carbocycles. The summed E-state index contributed by atoms with van der Waals surface area (Å²) in [6.07, 6.45) is 0. The number of nitrogen functional groups attached to an aromatic ring is 1. The summed E-state index contributed by atoms with van der Waals surface area (Å²) in [5.74, 6) is 5.75. The van der Waals surface area contributed by atoms with E-state index >= 15 is 0 Å². The van der Waals surface area contributed by atoms with Crippen molar-refractivity contribution in [2.75, 3.05) is 16.9 Å². The van der Waals surface area contributed by atoms with Crippen molar-refractivity contribution in [3.05, 3.63) is 46.6 Å². The first-order valence-electron chi connectivity index (χ1n) is 6.66. The van der Waals surface area contributed by atoms with Crippen LogP contribution in [-0.4, -0.2) is 26.5 Å². The predicted molar refractivity (Wildman–Crippen MR) is 94.2 cm³/mol. The van der Waals surface area contributed by atoms with E-state index in [2.05, 4.69) is 15.5 Å². The van der Waals surface area contributed by atoms with Crippen LogP contribution in [-0.2, 0) is 4.79 Å². The van der Waals surface area contributed by atoms with Crippen LogP contribution in [0.1, 0.15) is 0 Å². The molecule has 0 bridgehead atoms. The first-order chi connectivity index (χ1) is 11.5. The molecule has 124 valence electrons. The molecule has 2 heterocycles. The highest BCUT2D eigenvalue weighted by Crippen LogP contribution is 2.25. The zero-order valence-electron chi connectivity index (χ0n) is 12.1. The van der Waals surface area contributed by atoms with E-state index in [0.717, 1.165) is 16.6 Å². The van der Waals surface area contributed by atoms with Crippen molar-refractivity contribution in [3.8, 4) is 10.7 Å². The van der Waals surface area contributed by atoms with E-state index in [1.165, 1.54) is 34.2 Å². The van der Waals surface area contributed by atoms with E-state index in [1.807, 2.05) is 17.5 Å². The Morgan fingerprint density at radius 1 is 1.42 bits per heavy atom. The smallest absolute Gasteiger partial charge is 0.234 e. The second kappa shape index (κ2) is 7.20. The molecule has 0 aliphatic rings. The molecule has 0 spiro atoms. The molecule has 3 rings (SSSR count). The minimum absolute atomic E-state index is 0.0530. The molecule has 2 aromatic heterocycles. The minimum atomic E-state index is -0.540. The van der Waals surface area contributed by atoms with Gasteiger partial charge in [0.05, 0.1) is 15.7 Å². The SMILES string of the molecule is Nn1c(SCC(=O)Nc2ccc(F)c(Cl)c2)nnc1-c1cccs1. The number of carbonyl (C=O) groups is 1. The fourth-order valence-electron chi connectivity index (χ4n) is 1.85. The lowest BCUT2D eigenvalue weighted by Gasteiger charge is -2.06. The van der Waals surface area contributed by atoms with Crippen molar-refractivity contribution in [3.63, 3.8) is 0 Å². The van der Waals surface area contributed by atoms with Crippen LogP contribution in [0, 0.1) is 5.82 Å². The summed E-state index contributed by atoms with van der Waals surface area (Å²) in [6.45, 7) is 0. The van der Waals surface area contributed by atoms with Gasteiger partial charge in [-0.2, -0.15) is 0 Å². The highest BCUT2D eigenvalue weighted by atomic mass is 35.5. The lowest BCUT2D eigenvalue weighted by molar-refractivity contribution is -0.113. The molecule has 0 aliphatic carbocycles. The Morgan fingerprint density at radius 3 is 2.96 bits per heavy atom. The molecule has 24 heavy (non-hydrogen) atoms. The van der Waals surface area contributed by atoms with Gasteiger partial charge >= 0.3 is 0 Å². The molecule has 3 N–H and O–H groups in total. The van der Waals surface area contributed by atoms with E-state index in [0.29, 0.717) is 16.7 Å². The largest absolute Gasteiger partial charge is 0.335 e. The summed E-state index contributed by atoms with van der Waals surface area (Å²) < 4.78 is 14.4. The first-order valence-corrected chi connectivity index (χ1v) is 8.91. The van der Waals surface area contributed by atoms with Crippen LogP contribution in [0.3, 0.4) is 0 Å². The van der Waals surface area contributed by atoms with E-state index in [9.17, 15) is 9.18 Å². The number of anilines is 1.